The molecule has 0 unspecified atom stereocenters. The first-order valence-corrected chi connectivity index (χ1v) is 7.66. The van der Waals surface area contributed by atoms with Crippen LogP contribution < -0.4 is 0 Å². The molecule has 1 N–H and O–H groups in total. The minimum atomic E-state index is -4.64. The van der Waals surface area contributed by atoms with Crippen molar-refractivity contribution in [1.29, 1.82) is 0 Å². The molecular weight excluding hydrogens is 319 g/mol. The standard InChI is InChI=1S/C10H15ClF3N3O2S/c1-6(2)17(5-10(12,13)14)20(18,19)9-8(4-11)7(3)15-16-9/h6H,4-5H2,1-3H3,(H,15,16). The average Bonchev–Trinajstić information content (AvgIpc) is 2.66. The summed E-state index contributed by atoms with van der Waals surface area (Å²) in [6.45, 7) is 2.71. The Morgan fingerprint density at radius 1 is 1.40 bits per heavy atom. The molecule has 20 heavy (non-hydrogen) atoms. The zero-order valence-corrected chi connectivity index (χ0v) is 12.7. The first kappa shape index (κ1) is 17.3. The van der Waals surface area contributed by atoms with Crippen molar-refractivity contribution in [2.45, 2.75) is 43.9 Å². The summed E-state index contributed by atoms with van der Waals surface area (Å²) < 4.78 is 62.6. The summed E-state index contributed by atoms with van der Waals surface area (Å²) in [4.78, 5) is 0. The molecule has 1 rings (SSSR count). The van der Waals surface area contributed by atoms with Crippen molar-refractivity contribution in [1.82, 2.24) is 14.5 Å². The molecule has 0 atom stereocenters. The summed E-state index contributed by atoms with van der Waals surface area (Å²) in [5, 5.41) is 5.56. The third-order valence-corrected chi connectivity index (χ3v) is 4.90. The van der Waals surface area contributed by atoms with Crippen LogP contribution in [0.2, 0.25) is 0 Å². The second-order valence-corrected chi connectivity index (χ2v) is 6.60. The van der Waals surface area contributed by atoms with E-state index in [4.69, 9.17) is 11.6 Å². The van der Waals surface area contributed by atoms with Crippen molar-refractivity contribution in [3.63, 3.8) is 0 Å². The van der Waals surface area contributed by atoms with E-state index in [0.717, 1.165) is 0 Å². The second kappa shape index (κ2) is 5.90. The molecule has 0 aromatic carbocycles. The number of aromatic nitrogens is 2. The van der Waals surface area contributed by atoms with Crippen molar-refractivity contribution in [2.75, 3.05) is 6.54 Å². The van der Waals surface area contributed by atoms with Crippen LogP contribution in [0.25, 0.3) is 0 Å². The van der Waals surface area contributed by atoms with Crippen LogP contribution in [0, 0.1) is 6.92 Å². The summed E-state index contributed by atoms with van der Waals surface area (Å²) in [6.07, 6.45) is -4.64. The van der Waals surface area contributed by atoms with Crippen molar-refractivity contribution in [3.05, 3.63) is 11.3 Å². The fraction of sp³-hybridized carbons (Fsp3) is 0.700. The van der Waals surface area contributed by atoms with Crippen LogP contribution in [0.1, 0.15) is 25.1 Å². The van der Waals surface area contributed by atoms with Crippen LogP contribution in [0.3, 0.4) is 0 Å². The quantitative estimate of drug-likeness (QED) is 0.841. The van der Waals surface area contributed by atoms with Gasteiger partial charge in [-0.15, -0.1) is 11.6 Å². The summed E-state index contributed by atoms with van der Waals surface area (Å²) in [7, 11) is -4.37. The van der Waals surface area contributed by atoms with E-state index in [-0.39, 0.29) is 11.4 Å². The van der Waals surface area contributed by atoms with Crippen molar-refractivity contribution in [3.8, 4) is 0 Å². The molecule has 5 nitrogen and oxygen atoms in total. The van der Waals surface area contributed by atoms with Gasteiger partial charge in [0.25, 0.3) is 10.0 Å². The lowest BCUT2D eigenvalue weighted by molar-refractivity contribution is -0.138. The van der Waals surface area contributed by atoms with Gasteiger partial charge in [-0.2, -0.15) is 22.6 Å². The number of aryl methyl sites for hydroxylation is 1. The van der Waals surface area contributed by atoms with Crippen LogP contribution in [0.4, 0.5) is 13.2 Å². The van der Waals surface area contributed by atoms with Crippen LogP contribution in [0.5, 0.6) is 0 Å². The van der Waals surface area contributed by atoms with Crippen molar-refractivity contribution in [2.24, 2.45) is 0 Å². The van der Waals surface area contributed by atoms with Gasteiger partial charge >= 0.3 is 6.18 Å². The Kier molecular flexibility index (Phi) is 5.09. The molecule has 1 aromatic rings. The third-order valence-electron chi connectivity index (χ3n) is 2.63. The normalized spacial score (nSPS) is 13.4. The lowest BCUT2D eigenvalue weighted by atomic mass is 10.3. The molecule has 0 radical (unpaired) electrons. The van der Waals surface area contributed by atoms with Gasteiger partial charge in [0.2, 0.25) is 0 Å². The predicted octanol–water partition coefficient (Wildman–Crippen LogP) is 2.42. The fourth-order valence-corrected chi connectivity index (χ4v) is 3.83. The lowest BCUT2D eigenvalue weighted by Crippen LogP contribution is -2.43. The minimum Gasteiger partial charge on any atom is -0.281 e. The van der Waals surface area contributed by atoms with E-state index in [1.807, 2.05) is 0 Å². The topological polar surface area (TPSA) is 66.1 Å². The molecule has 0 spiro atoms. The number of hydrogen-bond donors (Lipinski definition) is 1. The highest BCUT2D eigenvalue weighted by atomic mass is 35.5. The minimum absolute atomic E-state index is 0.158. The maximum absolute atomic E-state index is 12.5. The molecule has 0 saturated heterocycles. The number of halogens is 4. The third kappa shape index (κ3) is 3.64. The second-order valence-electron chi connectivity index (χ2n) is 4.53. The van der Waals surface area contributed by atoms with Gasteiger partial charge in [0.15, 0.2) is 5.03 Å². The van der Waals surface area contributed by atoms with E-state index < -0.39 is 33.8 Å². The molecule has 1 aromatic heterocycles. The summed E-state index contributed by atoms with van der Waals surface area (Å²) in [5.74, 6) is -0.158. The van der Waals surface area contributed by atoms with Crippen LogP contribution in [-0.2, 0) is 15.9 Å². The lowest BCUT2D eigenvalue weighted by Gasteiger charge is -2.26. The zero-order valence-electron chi connectivity index (χ0n) is 11.1. The molecule has 0 aliphatic heterocycles. The summed E-state index contributed by atoms with van der Waals surface area (Å²) in [5.41, 5.74) is 0.591. The monoisotopic (exact) mass is 333 g/mol. The molecule has 116 valence electrons. The first-order chi connectivity index (χ1) is 9.00. The molecule has 0 bridgehead atoms. The Morgan fingerprint density at radius 3 is 2.35 bits per heavy atom. The molecule has 1 heterocycles. The number of alkyl halides is 4. The Bertz CT molecular complexity index is 569. The van der Waals surface area contributed by atoms with Gasteiger partial charge in [0, 0.05) is 17.3 Å². The van der Waals surface area contributed by atoms with E-state index in [2.05, 4.69) is 10.2 Å². The highest BCUT2D eigenvalue weighted by Crippen LogP contribution is 2.27. The van der Waals surface area contributed by atoms with E-state index in [9.17, 15) is 21.6 Å². The van der Waals surface area contributed by atoms with Crippen LogP contribution >= 0.6 is 11.6 Å². The van der Waals surface area contributed by atoms with E-state index in [1.165, 1.54) is 13.8 Å². The number of nitrogens with zero attached hydrogens (tertiary/aromatic N) is 2. The maximum atomic E-state index is 12.5. The van der Waals surface area contributed by atoms with Gasteiger partial charge in [0.05, 0.1) is 5.88 Å². The van der Waals surface area contributed by atoms with Crippen LogP contribution in [-0.4, -0.2) is 41.7 Å². The number of H-pyrrole nitrogens is 1. The van der Waals surface area contributed by atoms with Crippen molar-refractivity contribution < 1.29 is 21.6 Å². The highest BCUT2D eigenvalue weighted by Gasteiger charge is 2.40. The Labute approximate surface area is 120 Å². The molecule has 0 fully saturated rings. The van der Waals surface area contributed by atoms with Crippen LogP contribution in [0.15, 0.2) is 5.03 Å². The molecule has 0 amide bonds. The largest absolute Gasteiger partial charge is 0.402 e. The number of nitrogens with one attached hydrogen (secondary N) is 1. The molecular formula is C10H15ClF3N3O2S. The number of sulfonamides is 1. The van der Waals surface area contributed by atoms with Gasteiger partial charge in [-0.05, 0) is 20.8 Å². The Balaban J connectivity index is 3.30. The van der Waals surface area contributed by atoms with Gasteiger partial charge < -0.3 is 0 Å². The van der Waals surface area contributed by atoms with Gasteiger partial charge in [0.1, 0.15) is 6.54 Å². The van der Waals surface area contributed by atoms with E-state index >= 15 is 0 Å². The van der Waals surface area contributed by atoms with Crippen molar-refractivity contribution >= 4 is 21.6 Å². The van der Waals surface area contributed by atoms with Gasteiger partial charge in [-0.3, -0.25) is 5.10 Å². The molecule has 0 aliphatic carbocycles. The zero-order chi connectivity index (χ0) is 15.7. The summed E-state index contributed by atoms with van der Waals surface area (Å²) in [6, 6.07) is -0.859. The molecule has 10 heteroatoms. The smallest absolute Gasteiger partial charge is 0.281 e. The predicted molar refractivity (Wildman–Crippen MR) is 68.0 cm³/mol. The molecule has 0 aliphatic rings. The number of hydrogen-bond acceptors (Lipinski definition) is 3. The van der Waals surface area contributed by atoms with E-state index in [1.54, 1.807) is 6.92 Å². The molecule has 0 saturated carbocycles. The maximum Gasteiger partial charge on any atom is 0.402 e. The average molecular weight is 334 g/mol. The van der Waals surface area contributed by atoms with E-state index in [0.29, 0.717) is 10.00 Å². The number of aromatic amines is 1. The summed E-state index contributed by atoms with van der Waals surface area (Å²) >= 11 is 5.64. The SMILES string of the molecule is Cc1[nH]nc(S(=O)(=O)N(CC(F)(F)F)C(C)C)c1CCl. The Morgan fingerprint density at radius 2 is 1.95 bits per heavy atom. The highest BCUT2D eigenvalue weighted by molar-refractivity contribution is 7.89. The van der Waals surface area contributed by atoms with Gasteiger partial charge in [-0.25, -0.2) is 8.42 Å². The Hall–Kier alpha value is -0.800. The first-order valence-electron chi connectivity index (χ1n) is 5.69. The number of rotatable bonds is 5. The van der Waals surface area contributed by atoms with Gasteiger partial charge in [-0.1, -0.05) is 0 Å². The fourth-order valence-electron chi connectivity index (χ4n) is 1.63.